The van der Waals surface area contributed by atoms with Crippen molar-refractivity contribution in [2.45, 2.75) is 27.3 Å². The first-order chi connectivity index (χ1) is 11.6. The number of ether oxygens (including phenoxy) is 2. The molecule has 24 heavy (non-hydrogen) atoms. The van der Waals surface area contributed by atoms with Gasteiger partial charge in [-0.3, -0.25) is 0 Å². The topological polar surface area (TPSA) is 51.7 Å². The molecule has 1 aromatic heterocycles. The third-order valence-corrected chi connectivity index (χ3v) is 2.92. The highest BCUT2D eigenvalue weighted by molar-refractivity contribution is 5.89. The first-order valence-corrected chi connectivity index (χ1v) is 8.14. The van der Waals surface area contributed by atoms with E-state index in [2.05, 4.69) is 4.98 Å². The molecule has 2 rings (SSSR count). The molecule has 0 aliphatic rings. The summed E-state index contributed by atoms with van der Waals surface area (Å²) >= 11 is 0. The van der Waals surface area contributed by atoms with Crippen LogP contribution < -0.4 is 4.74 Å². The van der Waals surface area contributed by atoms with Crippen LogP contribution in [0.15, 0.2) is 42.6 Å². The number of hydrogen-bond acceptors (Lipinski definition) is 5. The molecule has 0 bridgehead atoms. The smallest absolute Gasteiger partial charge is 0.338 e. The molecule has 130 valence electrons. The Morgan fingerprint density at radius 2 is 1.79 bits per heavy atom. The van der Waals surface area contributed by atoms with Crippen molar-refractivity contribution in [3.05, 3.63) is 53.7 Å². The van der Waals surface area contributed by atoms with E-state index >= 15 is 0 Å². The summed E-state index contributed by atoms with van der Waals surface area (Å²) in [5, 5.41) is 0. The standard InChI is InChI=1S/C17H20N2O3.C2H6/c1-4-21-17(20)13-7-9-15(10-8-13)22-16-14(12-19(2)3)6-5-11-18-16;1-2/h5-11H,4,12H2,1-3H3;1-2H3. The van der Waals surface area contributed by atoms with E-state index in [1.807, 2.05) is 45.0 Å². The molecule has 0 radical (unpaired) electrons. The van der Waals surface area contributed by atoms with E-state index in [1.54, 1.807) is 37.4 Å². The van der Waals surface area contributed by atoms with Crippen LogP contribution in [0.25, 0.3) is 0 Å². The van der Waals surface area contributed by atoms with Gasteiger partial charge in [0.2, 0.25) is 5.88 Å². The quantitative estimate of drug-likeness (QED) is 0.745. The van der Waals surface area contributed by atoms with Gasteiger partial charge in [-0.2, -0.15) is 0 Å². The first-order valence-electron chi connectivity index (χ1n) is 8.14. The van der Waals surface area contributed by atoms with E-state index < -0.39 is 0 Å². The van der Waals surface area contributed by atoms with Crippen LogP contribution in [0.3, 0.4) is 0 Å². The maximum absolute atomic E-state index is 11.6. The third kappa shape index (κ3) is 6.01. The van der Waals surface area contributed by atoms with Crippen molar-refractivity contribution in [3.63, 3.8) is 0 Å². The zero-order valence-corrected chi connectivity index (χ0v) is 15.1. The molecule has 1 heterocycles. The minimum Gasteiger partial charge on any atom is -0.462 e. The molecule has 0 saturated carbocycles. The summed E-state index contributed by atoms with van der Waals surface area (Å²) in [6, 6.07) is 10.7. The van der Waals surface area contributed by atoms with Gasteiger partial charge in [0, 0.05) is 18.3 Å². The normalized spacial score (nSPS) is 9.92. The molecule has 0 atom stereocenters. The lowest BCUT2D eigenvalue weighted by Gasteiger charge is -2.13. The minimum atomic E-state index is -0.333. The number of aromatic nitrogens is 1. The Kier molecular flexibility index (Phi) is 8.50. The van der Waals surface area contributed by atoms with Crippen molar-refractivity contribution in [2.75, 3.05) is 20.7 Å². The fourth-order valence-electron chi connectivity index (χ4n) is 1.96. The maximum Gasteiger partial charge on any atom is 0.338 e. The number of nitrogens with zero attached hydrogens (tertiary/aromatic N) is 2. The van der Waals surface area contributed by atoms with Crippen molar-refractivity contribution >= 4 is 5.97 Å². The fraction of sp³-hybridized carbons (Fsp3) is 0.368. The highest BCUT2D eigenvalue weighted by atomic mass is 16.5. The molecule has 2 aromatic rings. The lowest BCUT2D eigenvalue weighted by atomic mass is 10.2. The summed E-state index contributed by atoms with van der Waals surface area (Å²) in [5.74, 6) is 0.868. The van der Waals surface area contributed by atoms with Crippen molar-refractivity contribution in [1.29, 1.82) is 0 Å². The maximum atomic E-state index is 11.6. The zero-order valence-electron chi connectivity index (χ0n) is 15.1. The van der Waals surface area contributed by atoms with Crippen LogP contribution in [0.2, 0.25) is 0 Å². The van der Waals surface area contributed by atoms with Gasteiger partial charge in [-0.25, -0.2) is 9.78 Å². The Balaban J connectivity index is 0.00000139. The number of carbonyl (C=O) groups is 1. The molecule has 1 aromatic carbocycles. The van der Waals surface area contributed by atoms with Crippen LogP contribution in [-0.4, -0.2) is 36.6 Å². The second kappa shape index (κ2) is 10.4. The third-order valence-electron chi connectivity index (χ3n) is 2.92. The number of benzene rings is 1. The average Bonchev–Trinajstić information content (AvgIpc) is 2.59. The van der Waals surface area contributed by atoms with E-state index in [0.29, 0.717) is 23.8 Å². The SMILES string of the molecule is CC.CCOC(=O)c1ccc(Oc2ncccc2CN(C)C)cc1. The van der Waals surface area contributed by atoms with Gasteiger partial charge in [0.15, 0.2) is 0 Å². The van der Waals surface area contributed by atoms with Crippen LogP contribution in [0.1, 0.15) is 36.7 Å². The Morgan fingerprint density at radius 1 is 1.12 bits per heavy atom. The lowest BCUT2D eigenvalue weighted by Crippen LogP contribution is -2.11. The highest BCUT2D eigenvalue weighted by Crippen LogP contribution is 2.24. The number of pyridine rings is 1. The van der Waals surface area contributed by atoms with Gasteiger partial charge < -0.3 is 14.4 Å². The summed E-state index contributed by atoms with van der Waals surface area (Å²) in [4.78, 5) is 17.9. The second-order valence-corrected chi connectivity index (χ2v) is 5.05. The molecular formula is C19H26N2O3. The van der Waals surface area contributed by atoms with Crippen LogP contribution in [0, 0.1) is 0 Å². The van der Waals surface area contributed by atoms with Crippen molar-refractivity contribution < 1.29 is 14.3 Å². The largest absolute Gasteiger partial charge is 0.462 e. The highest BCUT2D eigenvalue weighted by Gasteiger charge is 2.09. The Morgan fingerprint density at radius 3 is 2.38 bits per heavy atom. The molecule has 0 spiro atoms. The van der Waals surface area contributed by atoms with Crippen LogP contribution in [0.4, 0.5) is 0 Å². The average molecular weight is 330 g/mol. The Hall–Kier alpha value is -2.40. The van der Waals surface area contributed by atoms with Gasteiger partial charge in [-0.1, -0.05) is 19.9 Å². The zero-order chi connectivity index (χ0) is 17.9. The fourth-order valence-corrected chi connectivity index (χ4v) is 1.96. The molecule has 5 heteroatoms. The van der Waals surface area contributed by atoms with Crippen LogP contribution in [0.5, 0.6) is 11.6 Å². The predicted octanol–water partition coefficient (Wildman–Crippen LogP) is 4.14. The number of hydrogen-bond donors (Lipinski definition) is 0. The van der Waals surface area contributed by atoms with Gasteiger partial charge in [0.05, 0.1) is 12.2 Å². The number of carbonyl (C=O) groups excluding carboxylic acids is 1. The lowest BCUT2D eigenvalue weighted by molar-refractivity contribution is 0.0526. The van der Waals surface area contributed by atoms with Gasteiger partial charge in [0.25, 0.3) is 0 Å². The number of rotatable bonds is 6. The summed E-state index contributed by atoms with van der Waals surface area (Å²) in [5.41, 5.74) is 1.51. The summed E-state index contributed by atoms with van der Waals surface area (Å²) in [7, 11) is 3.98. The first kappa shape index (κ1) is 19.6. The molecule has 0 saturated heterocycles. The van der Waals surface area contributed by atoms with Gasteiger partial charge in [-0.05, 0) is 51.4 Å². The molecule has 0 amide bonds. The molecule has 0 unspecified atom stereocenters. The summed E-state index contributed by atoms with van der Waals surface area (Å²) < 4.78 is 10.8. The van der Waals surface area contributed by atoms with Crippen molar-refractivity contribution in [1.82, 2.24) is 9.88 Å². The van der Waals surface area contributed by atoms with E-state index in [0.717, 1.165) is 12.1 Å². The van der Waals surface area contributed by atoms with Crippen molar-refractivity contribution in [2.24, 2.45) is 0 Å². The Labute approximate surface area is 144 Å². The predicted molar refractivity (Wildman–Crippen MR) is 95.4 cm³/mol. The van der Waals surface area contributed by atoms with Gasteiger partial charge in [-0.15, -0.1) is 0 Å². The molecule has 0 aliphatic carbocycles. The molecule has 0 N–H and O–H groups in total. The number of esters is 1. The van der Waals surface area contributed by atoms with E-state index in [9.17, 15) is 4.79 Å². The molecular weight excluding hydrogens is 304 g/mol. The monoisotopic (exact) mass is 330 g/mol. The van der Waals surface area contributed by atoms with Crippen molar-refractivity contribution in [3.8, 4) is 11.6 Å². The Bertz CT molecular complexity index is 625. The summed E-state index contributed by atoms with van der Waals surface area (Å²) in [6.45, 7) is 6.88. The minimum absolute atomic E-state index is 0.333. The molecule has 0 fully saturated rings. The van der Waals surface area contributed by atoms with Gasteiger partial charge in [0.1, 0.15) is 5.75 Å². The molecule has 0 aliphatic heterocycles. The van der Waals surface area contributed by atoms with E-state index in [-0.39, 0.29) is 5.97 Å². The summed E-state index contributed by atoms with van der Waals surface area (Å²) in [6.07, 6.45) is 1.70. The molecule has 5 nitrogen and oxygen atoms in total. The van der Waals surface area contributed by atoms with E-state index in [4.69, 9.17) is 9.47 Å². The van der Waals surface area contributed by atoms with Crippen LogP contribution >= 0.6 is 0 Å². The van der Waals surface area contributed by atoms with E-state index in [1.165, 1.54) is 0 Å². The van der Waals surface area contributed by atoms with Gasteiger partial charge >= 0.3 is 5.97 Å². The second-order valence-electron chi connectivity index (χ2n) is 5.05. The van der Waals surface area contributed by atoms with Crippen LogP contribution in [-0.2, 0) is 11.3 Å².